The molecule has 162 valence electrons. The predicted molar refractivity (Wildman–Crippen MR) is 126 cm³/mol. The number of aromatic nitrogens is 1. The molecule has 0 radical (unpaired) electrons. The first kappa shape index (κ1) is 20.3. The molecule has 1 saturated carbocycles. The minimum atomic E-state index is -0.676. The number of hydrogen-bond acceptors (Lipinski definition) is 4. The Morgan fingerprint density at radius 3 is 2.38 bits per heavy atom. The van der Waals surface area contributed by atoms with Crippen LogP contribution in [0, 0.1) is 5.92 Å². The third kappa shape index (κ3) is 4.52. The predicted octanol–water partition coefficient (Wildman–Crippen LogP) is 6.99. The smallest absolute Gasteiger partial charge is 0.303 e. The molecule has 0 amide bonds. The van der Waals surface area contributed by atoms with Crippen LogP contribution in [0.3, 0.4) is 0 Å². The van der Waals surface area contributed by atoms with Gasteiger partial charge < -0.3 is 14.8 Å². The molecular weight excluding hydrogens is 400 g/mol. The van der Waals surface area contributed by atoms with E-state index in [9.17, 15) is 4.79 Å². The molecule has 1 aromatic heterocycles. The quantitative estimate of drug-likeness (QED) is 0.348. The molecule has 1 heterocycles. The monoisotopic (exact) mass is 426 g/mol. The van der Waals surface area contributed by atoms with Crippen molar-refractivity contribution in [3.8, 4) is 11.1 Å². The second kappa shape index (κ2) is 8.87. The lowest BCUT2D eigenvalue weighted by atomic mass is 9.77. The minimum absolute atomic E-state index is 0.304. The lowest BCUT2D eigenvalue weighted by Crippen LogP contribution is -2.16. The fourth-order valence-electron chi connectivity index (χ4n) is 4.70. The third-order valence-electron chi connectivity index (χ3n) is 6.44. The number of nitrogens with one attached hydrogen (secondary N) is 1. The summed E-state index contributed by atoms with van der Waals surface area (Å²) in [6, 6.07) is 25.2. The zero-order valence-electron chi connectivity index (χ0n) is 17.8. The number of fused-ring (bicyclic) bond motifs is 1. The third-order valence-corrected chi connectivity index (χ3v) is 6.44. The van der Waals surface area contributed by atoms with Gasteiger partial charge in [0, 0.05) is 12.1 Å². The average Bonchev–Trinajstić information content (AvgIpc) is 3.21. The van der Waals surface area contributed by atoms with Crippen molar-refractivity contribution in [1.82, 2.24) is 4.98 Å². The number of rotatable bonds is 6. The van der Waals surface area contributed by atoms with Gasteiger partial charge in [0.15, 0.2) is 5.58 Å². The second-order valence-corrected chi connectivity index (χ2v) is 8.63. The molecule has 32 heavy (non-hydrogen) atoms. The van der Waals surface area contributed by atoms with Gasteiger partial charge in [-0.15, -0.1) is 0 Å². The molecule has 0 unspecified atom stereocenters. The van der Waals surface area contributed by atoms with E-state index in [0.29, 0.717) is 24.3 Å². The van der Waals surface area contributed by atoms with E-state index in [1.165, 1.54) is 5.56 Å². The second-order valence-electron chi connectivity index (χ2n) is 8.63. The molecule has 4 aromatic rings. The summed E-state index contributed by atoms with van der Waals surface area (Å²) in [4.78, 5) is 15.5. The van der Waals surface area contributed by atoms with Crippen LogP contribution < -0.4 is 5.32 Å². The summed E-state index contributed by atoms with van der Waals surface area (Å²) in [7, 11) is 0. The molecule has 5 heteroatoms. The van der Waals surface area contributed by atoms with Gasteiger partial charge >= 0.3 is 5.97 Å². The van der Waals surface area contributed by atoms with E-state index in [4.69, 9.17) is 9.52 Å². The summed E-state index contributed by atoms with van der Waals surface area (Å²) in [5.41, 5.74) is 6.11. The summed E-state index contributed by atoms with van der Waals surface area (Å²) in [6.07, 6.45) is 4.44. The van der Waals surface area contributed by atoms with Crippen molar-refractivity contribution in [2.45, 2.75) is 38.0 Å². The van der Waals surface area contributed by atoms with Gasteiger partial charge in [0.25, 0.3) is 6.01 Å². The average molecular weight is 427 g/mol. The summed E-state index contributed by atoms with van der Waals surface area (Å²) < 4.78 is 5.83. The Morgan fingerprint density at radius 1 is 0.938 bits per heavy atom. The van der Waals surface area contributed by atoms with Gasteiger partial charge in [-0.2, -0.15) is 4.98 Å². The minimum Gasteiger partial charge on any atom is -0.481 e. The zero-order valence-corrected chi connectivity index (χ0v) is 17.8. The lowest BCUT2D eigenvalue weighted by Gasteiger charge is -2.28. The van der Waals surface area contributed by atoms with Crippen LogP contribution in [0.25, 0.3) is 22.2 Å². The summed E-state index contributed by atoms with van der Waals surface area (Å²) in [5, 5.41) is 12.2. The van der Waals surface area contributed by atoms with E-state index in [2.05, 4.69) is 46.7 Å². The van der Waals surface area contributed by atoms with Gasteiger partial charge in [0.05, 0.1) is 0 Å². The molecule has 0 atom stereocenters. The van der Waals surface area contributed by atoms with Crippen molar-refractivity contribution in [3.05, 3.63) is 78.4 Å². The summed E-state index contributed by atoms with van der Waals surface area (Å²) in [5.74, 6) is 0.182. The normalized spacial score (nSPS) is 18.5. The number of para-hydroxylation sites is 1. The van der Waals surface area contributed by atoms with Crippen molar-refractivity contribution in [1.29, 1.82) is 0 Å². The van der Waals surface area contributed by atoms with Crippen LogP contribution >= 0.6 is 0 Å². The number of nitrogens with zero attached hydrogens (tertiary/aromatic N) is 1. The molecule has 1 aliphatic rings. The van der Waals surface area contributed by atoms with Crippen LogP contribution in [0.5, 0.6) is 0 Å². The van der Waals surface area contributed by atoms with Crippen LogP contribution in [0.4, 0.5) is 11.7 Å². The molecular formula is C27H26N2O3. The van der Waals surface area contributed by atoms with Gasteiger partial charge in [-0.1, -0.05) is 48.5 Å². The molecule has 1 fully saturated rings. The maximum absolute atomic E-state index is 10.9. The summed E-state index contributed by atoms with van der Waals surface area (Å²) in [6.45, 7) is 0. The fourth-order valence-corrected chi connectivity index (χ4v) is 4.70. The highest BCUT2D eigenvalue weighted by atomic mass is 16.4. The largest absolute Gasteiger partial charge is 0.481 e. The van der Waals surface area contributed by atoms with Crippen LogP contribution in [-0.2, 0) is 4.79 Å². The first-order valence-electron chi connectivity index (χ1n) is 11.2. The van der Waals surface area contributed by atoms with Gasteiger partial charge in [0.2, 0.25) is 0 Å². The maximum Gasteiger partial charge on any atom is 0.303 e. The molecule has 0 spiro atoms. The molecule has 0 bridgehead atoms. The number of carboxylic acid groups (broad SMARTS) is 1. The highest BCUT2D eigenvalue weighted by Crippen LogP contribution is 2.38. The van der Waals surface area contributed by atoms with E-state index in [-0.39, 0.29) is 0 Å². The number of carbonyl (C=O) groups is 1. The standard InChI is InChI=1S/C27H26N2O3/c30-26(31)16-18-6-8-19(9-7-18)20-10-12-21(13-11-20)22-14-15-25-24(17-22)29-27(32-25)28-23-4-2-1-3-5-23/h1-5,10-15,17-19H,6-9,16H2,(H,28,29)(H,30,31)/t18-,19-. The van der Waals surface area contributed by atoms with Gasteiger partial charge in [-0.25, -0.2) is 0 Å². The van der Waals surface area contributed by atoms with E-state index in [0.717, 1.165) is 53.6 Å². The Kier molecular flexibility index (Phi) is 5.63. The van der Waals surface area contributed by atoms with E-state index < -0.39 is 5.97 Å². The highest BCUT2D eigenvalue weighted by Gasteiger charge is 2.24. The first-order valence-corrected chi connectivity index (χ1v) is 11.2. The molecule has 3 aromatic carbocycles. The van der Waals surface area contributed by atoms with Crippen molar-refractivity contribution >= 4 is 28.8 Å². The maximum atomic E-state index is 10.9. The van der Waals surface area contributed by atoms with Gasteiger partial charge in [0.1, 0.15) is 5.52 Å². The van der Waals surface area contributed by atoms with Crippen molar-refractivity contribution in [2.24, 2.45) is 5.92 Å². The van der Waals surface area contributed by atoms with Crippen LogP contribution in [0.1, 0.15) is 43.6 Å². The lowest BCUT2D eigenvalue weighted by molar-refractivity contribution is -0.138. The molecule has 0 aliphatic heterocycles. The Hall–Kier alpha value is -3.60. The number of oxazole rings is 1. The highest BCUT2D eigenvalue weighted by molar-refractivity contribution is 5.82. The molecule has 5 nitrogen and oxygen atoms in total. The van der Waals surface area contributed by atoms with Gasteiger partial charge in [-0.05, 0) is 78.5 Å². The number of anilines is 2. The van der Waals surface area contributed by atoms with E-state index in [1.807, 2.05) is 36.4 Å². The van der Waals surface area contributed by atoms with Crippen molar-refractivity contribution in [2.75, 3.05) is 5.32 Å². The number of carboxylic acids is 1. The first-order chi connectivity index (χ1) is 15.6. The topological polar surface area (TPSA) is 75.4 Å². The van der Waals surface area contributed by atoms with E-state index >= 15 is 0 Å². The fraction of sp³-hybridized carbons (Fsp3) is 0.259. The van der Waals surface area contributed by atoms with Crippen molar-refractivity contribution in [3.63, 3.8) is 0 Å². The van der Waals surface area contributed by atoms with E-state index in [1.54, 1.807) is 0 Å². The van der Waals surface area contributed by atoms with Crippen LogP contribution in [0.15, 0.2) is 77.2 Å². The summed E-state index contributed by atoms with van der Waals surface area (Å²) >= 11 is 0. The zero-order chi connectivity index (χ0) is 21.9. The molecule has 2 N–H and O–H groups in total. The van der Waals surface area contributed by atoms with Gasteiger partial charge in [-0.3, -0.25) is 4.79 Å². The SMILES string of the molecule is O=C(O)C[C@H]1CC[C@H](c2ccc(-c3ccc4oc(Nc5ccccc5)nc4c3)cc2)CC1. The molecule has 5 rings (SSSR count). The Labute approximate surface area is 187 Å². The molecule has 0 saturated heterocycles. The number of benzene rings is 3. The Balaban J connectivity index is 1.28. The van der Waals surface area contributed by atoms with Crippen LogP contribution in [-0.4, -0.2) is 16.1 Å². The van der Waals surface area contributed by atoms with Crippen molar-refractivity contribution < 1.29 is 14.3 Å². The number of hydrogen-bond donors (Lipinski definition) is 2. The molecule has 1 aliphatic carbocycles. The Morgan fingerprint density at radius 2 is 1.66 bits per heavy atom. The van der Waals surface area contributed by atoms with Crippen LogP contribution in [0.2, 0.25) is 0 Å². The number of aliphatic carboxylic acids is 1. The Bertz CT molecular complexity index is 1210.